The van der Waals surface area contributed by atoms with E-state index in [0.29, 0.717) is 17.9 Å². The summed E-state index contributed by atoms with van der Waals surface area (Å²) in [4.78, 5) is 0.496. The molecular formula is C12H18N2O2S2. The van der Waals surface area contributed by atoms with Gasteiger partial charge in [-0.15, -0.1) is 0 Å². The first-order chi connectivity index (χ1) is 8.39. The lowest BCUT2D eigenvalue weighted by atomic mass is 10.2. The summed E-state index contributed by atoms with van der Waals surface area (Å²) in [6, 6.07) is 6.90. The molecule has 4 nitrogen and oxygen atoms in total. The van der Waals surface area contributed by atoms with Crippen LogP contribution < -0.4 is 5.73 Å². The molecule has 0 atom stereocenters. The van der Waals surface area contributed by atoms with Crippen molar-refractivity contribution in [1.82, 2.24) is 4.31 Å². The molecule has 2 N–H and O–H groups in total. The Morgan fingerprint density at radius 3 is 2.50 bits per heavy atom. The van der Waals surface area contributed by atoms with Crippen molar-refractivity contribution in [2.75, 3.05) is 13.1 Å². The molecule has 0 fully saturated rings. The maximum absolute atomic E-state index is 12.5. The van der Waals surface area contributed by atoms with Crippen molar-refractivity contribution in [2.24, 2.45) is 5.73 Å². The van der Waals surface area contributed by atoms with E-state index in [4.69, 9.17) is 18.0 Å². The third kappa shape index (κ3) is 3.51. The van der Waals surface area contributed by atoms with Crippen LogP contribution in [0.1, 0.15) is 18.9 Å². The van der Waals surface area contributed by atoms with Gasteiger partial charge in [0, 0.05) is 6.54 Å². The smallest absolute Gasteiger partial charge is 0.243 e. The van der Waals surface area contributed by atoms with Gasteiger partial charge < -0.3 is 5.73 Å². The van der Waals surface area contributed by atoms with Gasteiger partial charge in [0.2, 0.25) is 10.0 Å². The summed E-state index contributed by atoms with van der Waals surface area (Å²) < 4.78 is 26.3. The molecule has 0 spiro atoms. The number of hydrogen-bond acceptors (Lipinski definition) is 3. The Balaban J connectivity index is 3.17. The summed E-state index contributed by atoms with van der Waals surface area (Å²) in [5.41, 5.74) is 6.19. The van der Waals surface area contributed by atoms with E-state index in [-0.39, 0.29) is 11.5 Å². The van der Waals surface area contributed by atoms with Crippen molar-refractivity contribution in [1.29, 1.82) is 0 Å². The number of nitrogens with zero attached hydrogens (tertiary/aromatic N) is 1. The van der Waals surface area contributed by atoms with Crippen molar-refractivity contribution < 1.29 is 8.42 Å². The highest BCUT2D eigenvalue weighted by molar-refractivity contribution is 7.89. The molecule has 0 unspecified atom stereocenters. The third-order valence-electron chi connectivity index (χ3n) is 2.52. The molecule has 1 rings (SSSR count). The average molecular weight is 286 g/mol. The summed E-state index contributed by atoms with van der Waals surface area (Å²) in [6.07, 6.45) is 0.716. The van der Waals surface area contributed by atoms with Gasteiger partial charge in [0.1, 0.15) is 0 Å². The fourth-order valence-corrected chi connectivity index (χ4v) is 3.67. The third-order valence-corrected chi connectivity index (χ3v) is 4.65. The van der Waals surface area contributed by atoms with Gasteiger partial charge in [-0.2, -0.15) is 4.31 Å². The molecule has 0 aliphatic rings. The van der Waals surface area contributed by atoms with Crippen molar-refractivity contribution in [3.05, 3.63) is 29.8 Å². The lowest BCUT2D eigenvalue weighted by Gasteiger charge is -2.21. The second-order valence-electron chi connectivity index (χ2n) is 4.07. The first-order valence-electron chi connectivity index (χ1n) is 5.73. The van der Waals surface area contributed by atoms with Crippen LogP contribution in [0, 0.1) is 6.92 Å². The van der Waals surface area contributed by atoms with Crippen LogP contribution in [0.4, 0.5) is 0 Å². The van der Waals surface area contributed by atoms with Crippen molar-refractivity contribution in [2.45, 2.75) is 25.2 Å². The predicted molar refractivity (Wildman–Crippen MR) is 77.0 cm³/mol. The molecule has 0 saturated carbocycles. The number of benzene rings is 1. The highest BCUT2D eigenvalue weighted by Crippen LogP contribution is 2.19. The summed E-state index contributed by atoms with van der Waals surface area (Å²) in [7, 11) is -3.52. The van der Waals surface area contributed by atoms with Gasteiger partial charge in [-0.25, -0.2) is 8.42 Å². The maximum atomic E-state index is 12.5. The number of hydrogen-bond donors (Lipinski definition) is 1. The van der Waals surface area contributed by atoms with Gasteiger partial charge in [-0.3, -0.25) is 0 Å². The minimum atomic E-state index is -3.52. The summed E-state index contributed by atoms with van der Waals surface area (Å²) >= 11 is 4.81. The predicted octanol–water partition coefficient (Wildman–Crippen LogP) is 1.68. The van der Waals surface area contributed by atoms with E-state index in [1.54, 1.807) is 25.1 Å². The molecule has 0 radical (unpaired) electrons. The molecule has 6 heteroatoms. The molecule has 0 aromatic heterocycles. The Hall–Kier alpha value is -0.980. The summed E-state index contributed by atoms with van der Waals surface area (Å²) in [5, 5.41) is 0. The first-order valence-corrected chi connectivity index (χ1v) is 7.58. The average Bonchev–Trinajstić information content (AvgIpc) is 2.28. The van der Waals surface area contributed by atoms with Crippen LogP contribution in [-0.4, -0.2) is 30.8 Å². The zero-order valence-electron chi connectivity index (χ0n) is 10.6. The number of thiocarbonyl (C=S) groups is 1. The van der Waals surface area contributed by atoms with Crippen molar-refractivity contribution in [3.8, 4) is 0 Å². The van der Waals surface area contributed by atoms with E-state index >= 15 is 0 Å². The standard InChI is InChI=1S/C12H18N2O2S2/c1-3-8-14(9-12(13)17)18(15,16)11-7-5-4-6-10(11)2/h4-7H,3,8-9H2,1-2H3,(H2,13,17). The number of rotatable bonds is 6. The number of nitrogens with two attached hydrogens (primary N) is 1. The summed E-state index contributed by atoms with van der Waals surface area (Å²) in [6.45, 7) is 4.19. The SMILES string of the molecule is CCCN(CC(N)=S)S(=O)(=O)c1ccccc1C. The van der Waals surface area contributed by atoms with Crippen LogP contribution in [0.25, 0.3) is 0 Å². The van der Waals surface area contributed by atoms with E-state index < -0.39 is 10.0 Å². The minimum Gasteiger partial charge on any atom is -0.392 e. The van der Waals surface area contributed by atoms with E-state index in [1.165, 1.54) is 4.31 Å². The molecule has 0 amide bonds. The quantitative estimate of drug-likeness (QED) is 0.808. The largest absolute Gasteiger partial charge is 0.392 e. The molecule has 0 bridgehead atoms. The van der Waals surface area contributed by atoms with Crippen molar-refractivity contribution in [3.63, 3.8) is 0 Å². The van der Waals surface area contributed by atoms with E-state index in [2.05, 4.69) is 0 Å². The topological polar surface area (TPSA) is 63.4 Å². The molecule has 1 aromatic rings. The molecule has 18 heavy (non-hydrogen) atoms. The van der Waals surface area contributed by atoms with Crippen LogP contribution in [0.2, 0.25) is 0 Å². The molecule has 0 aliphatic carbocycles. The van der Waals surface area contributed by atoms with Crippen LogP contribution in [-0.2, 0) is 10.0 Å². The molecular weight excluding hydrogens is 268 g/mol. The first kappa shape index (κ1) is 15.1. The van der Waals surface area contributed by atoms with Gasteiger partial charge >= 0.3 is 0 Å². The van der Waals surface area contributed by atoms with Gasteiger partial charge in [0.25, 0.3) is 0 Å². The zero-order chi connectivity index (χ0) is 13.8. The monoisotopic (exact) mass is 286 g/mol. The minimum absolute atomic E-state index is 0.0832. The fraction of sp³-hybridized carbons (Fsp3) is 0.417. The Labute approximate surface area is 114 Å². The van der Waals surface area contributed by atoms with Crippen LogP contribution in [0.3, 0.4) is 0 Å². The van der Waals surface area contributed by atoms with Gasteiger partial charge in [0.15, 0.2) is 0 Å². The number of aryl methyl sites for hydroxylation is 1. The Bertz CT molecular complexity index is 527. The van der Waals surface area contributed by atoms with Gasteiger partial charge in [0.05, 0.1) is 16.4 Å². The lowest BCUT2D eigenvalue weighted by Crippen LogP contribution is -2.38. The number of sulfonamides is 1. The summed E-state index contributed by atoms with van der Waals surface area (Å²) in [5.74, 6) is 0. The normalized spacial score (nSPS) is 11.7. The van der Waals surface area contributed by atoms with E-state index in [0.717, 1.165) is 5.56 Å². The Morgan fingerprint density at radius 1 is 1.39 bits per heavy atom. The van der Waals surface area contributed by atoms with Gasteiger partial charge in [-0.1, -0.05) is 37.3 Å². The molecule has 0 saturated heterocycles. The molecule has 0 aliphatic heterocycles. The second-order valence-corrected chi connectivity index (χ2v) is 6.50. The second kappa shape index (κ2) is 6.26. The van der Waals surface area contributed by atoms with Gasteiger partial charge in [-0.05, 0) is 25.0 Å². The molecule has 100 valence electrons. The van der Waals surface area contributed by atoms with Crippen LogP contribution in [0.15, 0.2) is 29.2 Å². The van der Waals surface area contributed by atoms with Crippen molar-refractivity contribution >= 4 is 27.2 Å². The molecule has 0 heterocycles. The fourth-order valence-electron chi connectivity index (χ4n) is 1.69. The van der Waals surface area contributed by atoms with E-state index in [9.17, 15) is 8.42 Å². The highest BCUT2D eigenvalue weighted by atomic mass is 32.2. The lowest BCUT2D eigenvalue weighted by molar-refractivity contribution is 0.449. The molecule has 1 aromatic carbocycles. The van der Waals surface area contributed by atoms with Crippen LogP contribution >= 0.6 is 12.2 Å². The Kier molecular flexibility index (Phi) is 5.25. The van der Waals surface area contributed by atoms with E-state index in [1.807, 2.05) is 13.0 Å². The highest BCUT2D eigenvalue weighted by Gasteiger charge is 2.25. The Morgan fingerprint density at radius 2 is 2.00 bits per heavy atom. The maximum Gasteiger partial charge on any atom is 0.243 e. The van der Waals surface area contributed by atoms with Crippen LogP contribution in [0.5, 0.6) is 0 Å². The zero-order valence-corrected chi connectivity index (χ0v) is 12.2.